The molecule has 146 valence electrons. The SMILES string of the molecule is O=C(CNc1nc2ccccc2[nH]1)NCC(O)CN1CCc2ccccc2C1. The molecule has 1 atom stereocenters. The van der Waals surface area contributed by atoms with E-state index < -0.39 is 6.10 Å². The van der Waals surface area contributed by atoms with Crippen molar-refractivity contribution in [1.29, 1.82) is 0 Å². The number of hydrogen-bond donors (Lipinski definition) is 4. The van der Waals surface area contributed by atoms with Crippen LogP contribution in [0.2, 0.25) is 0 Å². The molecule has 0 saturated carbocycles. The summed E-state index contributed by atoms with van der Waals surface area (Å²) in [5, 5.41) is 16.0. The monoisotopic (exact) mass is 379 g/mol. The Morgan fingerprint density at radius 2 is 1.96 bits per heavy atom. The predicted octanol–water partition coefficient (Wildman–Crippen LogP) is 1.51. The van der Waals surface area contributed by atoms with Crippen LogP contribution in [0, 0.1) is 0 Å². The Labute approximate surface area is 163 Å². The van der Waals surface area contributed by atoms with Crippen LogP contribution in [-0.4, -0.2) is 58.2 Å². The Morgan fingerprint density at radius 1 is 1.18 bits per heavy atom. The van der Waals surface area contributed by atoms with E-state index in [0.29, 0.717) is 12.5 Å². The lowest BCUT2D eigenvalue weighted by Crippen LogP contribution is -2.43. The van der Waals surface area contributed by atoms with Crippen LogP contribution in [0.3, 0.4) is 0 Å². The maximum atomic E-state index is 12.1. The number of β-amino-alcohol motifs (C(OH)–C–C–N with tert-alkyl or cyclic N) is 1. The summed E-state index contributed by atoms with van der Waals surface area (Å²) in [4.78, 5) is 21.8. The second kappa shape index (κ2) is 8.41. The molecule has 1 amide bonds. The average Bonchev–Trinajstić information content (AvgIpc) is 3.14. The number of rotatable bonds is 7. The molecule has 0 radical (unpaired) electrons. The lowest BCUT2D eigenvalue weighted by molar-refractivity contribution is -0.119. The zero-order chi connectivity index (χ0) is 19.3. The van der Waals surface area contributed by atoms with Crippen LogP contribution in [-0.2, 0) is 17.8 Å². The van der Waals surface area contributed by atoms with Crippen molar-refractivity contribution in [3.63, 3.8) is 0 Å². The van der Waals surface area contributed by atoms with E-state index in [-0.39, 0.29) is 19.0 Å². The number of benzene rings is 2. The molecule has 7 heteroatoms. The first-order valence-electron chi connectivity index (χ1n) is 9.60. The van der Waals surface area contributed by atoms with E-state index in [4.69, 9.17) is 0 Å². The Kier molecular flexibility index (Phi) is 5.55. The molecule has 0 aliphatic carbocycles. The highest BCUT2D eigenvalue weighted by molar-refractivity contribution is 5.81. The van der Waals surface area contributed by atoms with E-state index >= 15 is 0 Å². The summed E-state index contributed by atoms with van der Waals surface area (Å²) in [5.74, 6) is 0.382. The summed E-state index contributed by atoms with van der Waals surface area (Å²) in [6.07, 6.45) is 0.400. The van der Waals surface area contributed by atoms with Gasteiger partial charge in [0, 0.05) is 26.2 Å². The largest absolute Gasteiger partial charge is 0.390 e. The van der Waals surface area contributed by atoms with Gasteiger partial charge in [-0.3, -0.25) is 9.69 Å². The number of carbonyl (C=O) groups is 1. The molecule has 0 saturated heterocycles. The van der Waals surface area contributed by atoms with Crippen molar-refractivity contribution in [3.8, 4) is 0 Å². The molecular weight excluding hydrogens is 354 g/mol. The molecule has 1 aliphatic heterocycles. The van der Waals surface area contributed by atoms with Crippen molar-refractivity contribution in [2.45, 2.75) is 19.1 Å². The quantitative estimate of drug-likeness (QED) is 0.499. The number of aliphatic hydroxyl groups excluding tert-OH is 1. The van der Waals surface area contributed by atoms with E-state index in [9.17, 15) is 9.90 Å². The number of imidazole rings is 1. The number of carbonyl (C=O) groups excluding carboxylic acids is 1. The van der Waals surface area contributed by atoms with Crippen LogP contribution in [0.4, 0.5) is 5.95 Å². The van der Waals surface area contributed by atoms with Gasteiger partial charge in [0.25, 0.3) is 0 Å². The fourth-order valence-electron chi connectivity index (χ4n) is 3.57. The molecule has 1 unspecified atom stereocenters. The number of anilines is 1. The smallest absolute Gasteiger partial charge is 0.239 e. The van der Waals surface area contributed by atoms with Gasteiger partial charge in [0.05, 0.1) is 23.7 Å². The highest BCUT2D eigenvalue weighted by Gasteiger charge is 2.18. The van der Waals surface area contributed by atoms with Gasteiger partial charge in [-0.15, -0.1) is 0 Å². The average molecular weight is 379 g/mol. The number of aromatic nitrogens is 2. The zero-order valence-corrected chi connectivity index (χ0v) is 15.7. The molecule has 2 aromatic carbocycles. The van der Waals surface area contributed by atoms with Gasteiger partial charge in [-0.2, -0.15) is 0 Å². The fraction of sp³-hybridized carbons (Fsp3) is 0.333. The minimum atomic E-state index is -0.597. The molecule has 3 aromatic rings. The van der Waals surface area contributed by atoms with Crippen molar-refractivity contribution >= 4 is 22.9 Å². The van der Waals surface area contributed by atoms with Gasteiger partial charge in [0.1, 0.15) is 0 Å². The molecule has 7 nitrogen and oxygen atoms in total. The lowest BCUT2D eigenvalue weighted by atomic mass is 10.00. The molecule has 0 bridgehead atoms. The third kappa shape index (κ3) is 4.49. The van der Waals surface area contributed by atoms with Crippen LogP contribution in [0.1, 0.15) is 11.1 Å². The molecule has 4 N–H and O–H groups in total. The molecule has 0 fully saturated rings. The first kappa shape index (κ1) is 18.5. The van der Waals surface area contributed by atoms with Gasteiger partial charge >= 0.3 is 0 Å². The van der Waals surface area contributed by atoms with Crippen molar-refractivity contribution in [3.05, 3.63) is 59.7 Å². The first-order valence-corrected chi connectivity index (χ1v) is 9.60. The minimum Gasteiger partial charge on any atom is -0.390 e. The number of amides is 1. The molecule has 1 aliphatic rings. The zero-order valence-electron chi connectivity index (χ0n) is 15.7. The maximum absolute atomic E-state index is 12.1. The van der Waals surface area contributed by atoms with Gasteiger partial charge in [-0.1, -0.05) is 36.4 Å². The minimum absolute atomic E-state index is 0.101. The van der Waals surface area contributed by atoms with Crippen LogP contribution >= 0.6 is 0 Å². The van der Waals surface area contributed by atoms with Crippen molar-refractivity contribution in [1.82, 2.24) is 20.2 Å². The number of hydrogen-bond acceptors (Lipinski definition) is 5. The molecule has 4 rings (SSSR count). The second-order valence-corrected chi connectivity index (χ2v) is 7.17. The number of para-hydroxylation sites is 2. The van der Waals surface area contributed by atoms with Crippen LogP contribution in [0.5, 0.6) is 0 Å². The van der Waals surface area contributed by atoms with E-state index in [2.05, 4.69) is 43.7 Å². The molecule has 1 aromatic heterocycles. The molecule has 2 heterocycles. The summed E-state index contributed by atoms with van der Waals surface area (Å²) in [5.41, 5.74) is 4.48. The topological polar surface area (TPSA) is 93.3 Å². The summed E-state index contributed by atoms with van der Waals surface area (Å²) in [6.45, 7) is 2.65. The Hall–Kier alpha value is -2.90. The number of fused-ring (bicyclic) bond motifs is 2. The molecular formula is C21H25N5O2. The van der Waals surface area contributed by atoms with Gasteiger partial charge in [0.15, 0.2) is 0 Å². The summed E-state index contributed by atoms with van der Waals surface area (Å²) < 4.78 is 0. The molecule has 0 spiro atoms. The van der Waals surface area contributed by atoms with Gasteiger partial charge < -0.3 is 20.7 Å². The predicted molar refractivity (Wildman–Crippen MR) is 109 cm³/mol. The third-order valence-electron chi connectivity index (χ3n) is 5.02. The van der Waals surface area contributed by atoms with Crippen LogP contribution in [0.25, 0.3) is 11.0 Å². The highest BCUT2D eigenvalue weighted by Crippen LogP contribution is 2.18. The maximum Gasteiger partial charge on any atom is 0.239 e. The Balaban J connectivity index is 1.19. The van der Waals surface area contributed by atoms with Crippen molar-refractivity contribution < 1.29 is 9.90 Å². The number of aliphatic hydroxyl groups is 1. The summed E-state index contributed by atoms with van der Waals surface area (Å²) in [7, 11) is 0. The number of aromatic amines is 1. The normalized spacial score (nSPS) is 15.2. The number of nitrogens with one attached hydrogen (secondary N) is 3. The van der Waals surface area contributed by atoms with E-state index in [0.717, 1.165) is 30.5 Å². The van der Waals surface area contributed by atoms with Crippen molar-refractivity contribution in [2.75, 3.05) is 31.5 Å². The molecule has 28 heavy (non-hydrogen) atoms. The lowest BCUT2D eigenvalue weighted by Gasteiger charge is -2.30. The number of nitrogens with zero attached hydrogens (tertiary/aromatic N) is 2. The van der Waals surface area contributed by atoms with E-state index in [1.54, 1.807) is 0 Å². The Bertz CT molecular complexity index is 922. The number of H-pyrrole nitrogens is 1. The van der Waals surface area contributed by atoms with Crippen LogP contribution in [0.15, 0.2) is 48.5 Å². The van der Waals surface area contributed by atoms with E-state index in [1.807, 2.05) is 30.3 Å². The van der Waals surface area contributed by atoms with E-state index in [1.165, 1.54) is 11.1 Å². The summed E-state index contributed by atoms with van der Waals surface area (Å²) >= 11 is 0. The first-order chi connectivity index (χ1) is 13.7. The highest BCUT2D eigenvalue weighted by atomic mass is 16.3. The summed E-state index contributed by atoms with van der Waals surface area (Å²) in [6, 6.07) is 16.1. The fourth-order valence-corrected chi connectivity index (χ4v) is 3.57. The Morgan fingerprint density at radius 3 is 2.82 bits per heavy atom. The standard InChI is InChI=1S/C21H25N5O2/c27-17(14-26-10-9-15-5-1-2-6-16(15)13-26)11-22-20(28)12-23-21-24-18-7-3-4-8-19(18)25-21/h1-8,17,27H,9-14H2,(H,22,28)(H2,23,24,25). The van der Waals surface area contributed by atoms with Crippen LogP contribution < -0.4 is 10.6 Å². The van der Waals surface area contributed by atoms with Gasteiger partial charge in [-0.05, 0) is 29.7 Å². The van der Waals surface area contributed by atoms with Gasteiger partial charge in [0.2, 0.25) is 11.9 Å². The van der Waals surface area contributed by atoms with Gasteiger partial charge in [-0.25, -0.2) is 4.98 Å². The third-order valence-corrected chi connectivity index (χ3v) is 5.02. The second-order valence-electron chi connectivity index (χ2n) is 7.17. The van der Waals surface area contributed by atoms with Crippen molar-refractivity contribution in [2.24, 2.45) is 0 Å².